The van der Waals surface area contributed by atoms with Crippen molar-refractivity contribution in [2.45, 2.75) is 19.3 Å². The molecule has 96 valence electrons. The zero-order chi connectivity index (χ0) is 12.5. The first-order valence-electron chi connectivity index (χ1n) is 5.74. The molecule has 17 heavy (non-hydrogen) atoms. The minimum Gasteiger partial charge on any atom is -0.748 e. The van der Waals surface area contributed by atoms with E-state index >= 15 is 0 Å². The van der Waals surface area contributed by atoms with Crippen LogP contribution in [0.5, 0.6) is 0 Å². The zero-order valence-corrected chi connectivity index (χ0v) is 10.2. The molecule has 0 N–H and O–H groups in total. The van der Waals surface area contributed by atoms with Crippen LogP contribution in [0.15, 0.2) is 12.2 Å². The fraction of sp³-hybridized carbons (Fsp3) is 0.727. The van der Waals surface area contributed by atoms with Gasteiger partial charge in [0, 0.05) is 5.75 Å². The van der Waals surface area contributed by atoms with Crippen molar-refractivity contribution in [1.82, 2.24) is 0 Å². The topological polar surface area (TPSA) is 83.5 Å². The Hall–Kier alpha value is -0.880. The first-order valence-corrected chi connectivity index (χ1v) is 7.32. The molecule has 0 amide bonds. The summed E-state index contributed by atoms with van der Waals surface area (Å²) in [6, 6.07) is 0. The smallest absolute Gasteiger partial charge is 0.309 e. The maximum Gasteiger partial charge on any atom is 0.309 e. The minimum atomic E-state index is -4.20. The highest BCUT2D eigenvalue weighted by Crippen LogP contribution is 2.43. The van der Waals surface area contributed by atoms with E-state index in [-0.39, 0.29) is 30.8 Å². The van der Waals surface area contributed by atoms with Gasteiger partial charge in [-0.2, -0.15) is 0 Å². The standard InChI is InChI=1S/C11H16O5S/c12-11(16-4-1-5-17(13,14)15)10-7-8-2-3-9(10)6-8/h2-3,8-10H,1,4-7H2,(H,13,14,15)/p-1. The SMILES string of the molecule is O=C(OCCCS(=O)(=O)[O-])C1CC2C=CC1C2. The second-order valence-electron chi connectivity index (χ2n) is 4.67. The lowest BCUT2D eigenvalue weighted by Crippen LogP contribution is -2.22. The third-order valence-corrected chi connectivity index (χ3v) is 4.15. The molecule has 0 saturated heterocycles. The number of rotatable bonds is 5. The molecule has 5 nitrogen and oxygen atoms in total. The number of allylic oxidation sites excluding steroid dienone is 2. The summed E-state index contributed by atoms with van der Waals surface area (Å²) in [5, 5.41) is 0. The molecule has 2 bridgehead atoms. The molecule has 2 rings (SSSR count). The number of hydrogen-bond donors (Lipinski definition) is 0. The van der Waals surface area contributed by atoms with Gasteiger partial charge < -0.3 is 9.29 Å². The third-order valence-electron chi connectivity index (χ3n) is 3.36. The predicted octanol–water partition coefficient (Wildman–Crippen LogP) is 0.677. The van der Waals surface area contributed by atoms with Gasteiger partial charge >= 0.3 is 5.97 Å². The van der Waals surface area contributed by atoms with Gasteiger partial charge in [-0.1, -0.05) is 12.2 Å². The summed E-state index contributed by atoms with van der Waals surface area (Å²) >= 11 is 0. The van der Waals surface area contributed by atoms with Crippen molar-refractivity contribution in [3.05, 3.63) is 12.2 Å². The van der Waals surface area contributed by atoms with E-state index in [1.807, 2.05) is 0 Å². The molecular formula is C11H15O5S-. The average Bonchev–Trinajstić information content (AvgIpc) is 2.84. The number of esters is 1. The van der Waals surface area contributed by atoms with E-state index < -0.39 is 15.9 Å². The molecule has 0 spiro atoms. The molecule has 0 aliphatic heterocycles. The van der Waals surface area contributed by atoms with Crippen LogP contribution in [0.2, 0.25) is 0 Å². The van der Waals surface area contributed by atoms with Gasteiger partial charge in [-0.3, -0.25) is 4.79 Å². The van der Waals surface area contributed by atoms with Crippen molar-refractivity contribution < 1.29 is 22.5 Å². The van der Waals surface area contributed by atoms with Gasteiger partial charge in [-0.05, 0) is 31.1 Å². The molecule has 0 aromatic rings. The maximum atomic E-state index is 11.7. The molecule has 0 heterocycles. The third kappa shape index (κ3) is 3.29. The Balaban J connectivity index is 1.70. The molecule has 0 aromatic carbocycles. The van der Waals surface area contributed by atoms with E-state index in [0.717, 1.165) is 12.8 Å². The minimum absolute atomic E-state index is 0.0118. The molecule has 0 radical (unpaired) electrons. The highest BCUT2D eigenvalue weighted by Gasteiger charge is 2.40. The highest BCUT2D eigenvalue weighted by atomic mass is 32.2. The van der Waals surface area contributed by atoms with E-state index in [9.17, 15) is 17.8 Å². The Morgan fingerprint density at radius 3 is 2.65 bits per heavy atom. The highest BCUT2D eigenvalue weighted by molar-refractivity contribution is 7.85. The summed E-state index contributed by atoms with van der Waals surface area (Å²) in [4.78, 5) is 11.7. The fourth-order valence-corrected chi connectivity index (χ4v) is 3.04. The Bertz CT molecular complexity index is 425. The van der Waals surface area contributed by atoms with Crippen LogP contribution in [0.3, 0.4) is 0 Å². The summed E-state index contributed by atoms with van der Waals surface area (Å²) in [6.45, 7) is 0.0118. The van der Waals surface area contributed by atoms with Crippen molar-refractivity contribution in [2.24, 2.45) is 17.8 Å². The lowest BCUT2D eigenvalue weighted by atomic mass is 9.94. The number of hydrogen-bond acceptors (Lipinski definition) is 5. The number of carbonyl (C=O) groups is 1. The predicted molar refractivity (Wildman–Crippen MR) is 59.0 cm³/mol. The second kappa shape index (κ2) is 4.78. The monoisotopic (exact) mass is 259 g/mol. The van der Waals surface area contributed by atoms with Crippen LogP contribution in [0.4, 0.5) is 0 Å². The van der Waals surface area contributed by atoms with Crippen molar-refractivity contribution in [3.63, 3.8) is 0 Å². The lowest BCUT2D eigenvalue weighted by Gasteiger charge is -2.16. The van der Waals surface area contributed by atoms with E-state index in [1.165, 1.54) is 0 Å². The molecule has 2 aliphatic rings. The van der Waals surface area contributed by atoms with Gasteiger partial charge in [-0.25, -0.2) is 8.42 Å². The molecular weight excluding hydrogens is 244 g/mol. The maximum absolute atomic E-state index is 11.7. The van der Waals surface area contributed by atoms with Crippen molar-refractivity contribution >= 4 is 16.1 Å². The Morgan fingerprint density at radius 2 is 2.12 bits per heavy atom. The molecule has 3 unspecified atom stereocenters. The van der Waals surface area contributed by atoms with Crippen molar-refractivity contribution in [2.75, 3.05) is 12.4 Å². The van der Waals surface area contributed by atoms with Gasteiger partial charge in [-0.15, -0.1) is 0 Å². The van der Waals surface area contributed by atoms with Crippen LogP contribution < -0.4 is 0 Å². The van der Waals surface area contributed by atoms with E-state index in [0.29, 0.717) is 5.92 Å². The molecule has 3 atom stereocenters. The summed E-state index contributed by atoms with van der Waals surface area (Å²) in [6.07, 6.45) is 6.13. The first-order chi connectivity index (χ1) is 7.96. The van der Waals surface area contributed by atoms with Gasteiger partial charge in [0.2, 0.25) is 0 Å². The number of fused-ring (bicyclic) bond motifs is 2. The quantitative estimate of drug-likeness (QED) is 0.314. The second-order valence-corrected chi connectivity index (χ2v) is 6.19. The van der Waals surface area contributed by atoms with E-state index in [1.54, 1.807) is 0 Å². The zero-order valence-electron chi connectivity index (χ0n) is 9.37. The van der Waals surface area contributed by atoms with E-state index in [4.69, 9.17) is 4.74 Å². The molecule has 0 aromatic heterocycles. The molecule has 1 fully saturated rings. The van der Waals surface area contributed by atoms with Crippen LogP contribution in [0.1, 0.15) is 19.3 Å². The van der Waals surface area contributed by atoms with Gasteiger partial charge in [0.05, 0.1) is 22.6 Å². The fourth-order valence-electron chi connectivity index (χ4n) is 2.57. The van der Waals surface area contributed by atoms with Crippen LogP contribution >= 0.6 is 0 Å². The van der Waals surface area contributed by atoms with Crippen molar-refractivity contribution in [3.8, 4) is 0 Å². The molecule has 6 heteroatoms. The van der Waals surface area contributed by atoms with Crippen LogP contribution in [0.25, 0.3) is 0 Å². The Morgan fingerprint density at radius 1 is 1.35 bits per heavy atom. The van der Waals surface area contributed by atoms with Crippen LogP contribution in [-0.2, 0) is 19.6 Å². The summed E-state index contributed by atoms with van der Waals surface area (Å²) in [7, 11) is -4.20. The van der Waals surface area contributed by atoms with Crippen LogP contribution in [0, 0.1) is 17.8 Å². The Kier molecular flexibility index (Phi) is 3.53. The summed E-state index contributed by atoms with van der Waals surface area (Å²) in [5.41, 5.74) is 0. The average molecular weight is 259 g/mol. The first kappa shape index (κ1) is 12.6. The molecule has 2 aliphatic carbocycles. The number of ether oxygens (including phenoxy) is 1. The largest absolute Gasteiger partial charge is 0.748 e. The number of carbonyl (C=O) groups excluding carboxylic acids is 1. The normalized spacial score (nSPS) is 30.8. The molecule has 1 saturated carbocycles. The lowest BCUT2D eigenvalue weighted by molar-refractivity contribution is -0.149. The Labute approximate surface area is 101 Å². The van der Waals surface area contributed by atoms with Gasteiger partial charge in [0.1, 0.15) is 0 Å². The van der Waals surface area contributed by atoms with Gasteiger partial charge in [0.15, 0.2) is 0 Å². The summed E-state index contributed by atoms with van der Waals surface area (Å²) < 4.78 is 36.0. The van der Waals surface area contributed by atoms with Crippen molar-refractivity contribution in [1.29, 1.82) is 0 Å². The summed E-state index contributed by atoms with van der Waals surface area (Å²) in [5.74, 6) is -0.0222. The van der Waals surface area contributed by atoms with Gasteiger partial charge in [0.25, 0.3) is 0 Å². The van der Waals surface area contributed by atoms with E-state index in [2.05, 4.69) is 12.2 Å². The van der Waals surface area contributed by atoms with Crippen LogP contribution in [-0.4, -0.2) is 31.3 Å².